The highest BCUT2D eigenvalue weighted by molar-refractivity contribution is 9.11. The molecule has 0 atom stereocenters. The van der Waals surface area contributed by atoms with Crippen LogP contribution in [0.3, 0.4) is 0 Å². The SMILES string of the molecule is Nc1c(Br)cc(Br)cc1Cn1ccc2ccccc21. The molecule has 0 amide bonds. The molecule has 1 heterocycles. The van der Waals surface area contributed by atoms with Gasteiger partial charge in [0.25, 0.3) is 0 Å². The van der Waals surface area contributed by atoms with E-state index in [1.807, 2.05) is 6.07 Å². The zero-order valence-electron chi connectivity index (χ0n) is 10.1. The molecule has 0 aliphatic heterocycles. The molecule has 0 spiro atoms. The fourth-order valence-electron chi connectivity index (χ4n) is 2.23. The van der Waals surface area contributed by atoms with E-state index in [-0.39, 0.29) is 0 Å². The summed E-state index contributed by atoms with van der Waals surface area (Å²) in [6.07, 6.45) is 2.10. The maximum atomic E-state index is 6.13. The molecule has 0 saturated heterocycles. The molecular formula is C15H12Br2N2. The highest BCUT2D eigenvalue weighted by atomic mass is 79.9. The van der Waals surface area contributed by atoms with Gasteiger partial charge in [-0.25, -0.2) is 0 Å². The van der Waals surface area contributed by atoms with Gasteiger partial charge in [0.15, 0.2) is 0 Å². The van der Waals surface area contributed by atoms with E-state index in [2.05, 4.69) is 79.0 Å². The summed E-state index contributed by atoms with van der Waals surface area (Å²) in [5.41, 5.74) is 9.24. The Labute approximate surface area is 128 Å². The minimum absolute atomic E-state index is 0.761. The molecular weight excluding hydrogens is 368 g/mol. The van der Waals surface area contributed by atoms with Gasteiger partial charge in [0, 0.05) is 27.2 Å². The molecule has 2 nitrogen and oxygen atoms in total. The Balaban J connectivity index is 2.06. The lowest BCUT2D eigenvalue weighted by molar-refractivity contribution is 0.838. The lowest BCUT2D eigenvalue weighted by Gasteiger charge is -2.11. The lowest BCUT2D eigenvalue weighted by atomic mass is 10.2. The summed E-state index contributed by atoms with van der Waals surface area (Å²) in [6.45, 7) is 0.761. The Bertz CT molecular complexity index is 747. The molecule has 96 valence electrons. The van der Waals surface area contributed by atoms with Crippen LogP contribution in [0.25, 0.3) is 10.9 Å². The van der Waals surface area contributed by atoms with E-state index >= 15 is 0 Å². The van der Waals surface area contributed by atoms with Crippen LogP contribution in [0.1, 0.15) is 5.56 Å². The summed E-state index contributed by atoms with van der Waals surface area (Å²) < 4.78 is 4.16. The van der Waals surface area contributed by atoms with Gasteiger partial charge in [-0.05, 0) is 51.1 Å². The summed E-state index contributed by atoms with van der Waals surface area (Å²) in [7, 11) is 0. The van der Waals surface area contributed by atoms with Crippen molar-refractivity contribution in [1.29, 1.82) is 0 Å². The van der Waals surface area contributed by atoms with Crippen LogP contribution in [-0.2, 0) is 6.54 Å². The third-order valence-corrected chi connectivity index (χ3v) is 4.31. The van der Waals surface area contributed by atoms with Crippen molar-refractivity contribution in [3.63, 3.8) is 0 Å². The summed E-state index contributed by atoms with van der Waals surface area (Å²) in [5.74, 6) is 0. The molecule has 4 heteroatoms. The first-order valence-corrected chi connectivity index (χ1v) is 7.51. The van der Waals surface area contributed by atoms with Crippen molar-refractivity contribution in [1.82, 2.24) is 4.57 Å². The molecule has 2 aromatic carbocycles. The Hall–Kier alpha value is -1.26. The molecule has 0 bridgehead atoms. The zero-order valence-corrected chi connectivity index (χ0v) is 13.3. The molecule has 3 aromatic rings. The Morgan fingerprint density at radius 3 is 2.68 bits per heavy atom. The average molecular weight is 380 g/mol. The fraction of sp³-hybridized carbons (Fsp3) is 0.0667. The average Bonchev–Trinajstić information content (AvgIpc) is 2.79. The van der Waals surface area contributed by atoms with Crippen LogP contribution < -0.4 is 5.73 Å². The van der Waals surface area contributed by atoms with Gasteiger partial charge in [0.05, 0.1) is 5.69 Å². The maximum Gasteiger partial charge on any atom is 0.0510 e. The van der Waals surface area contributed by atoms with Gasteiger partial charge in [-0.1, -0.05) is 34.1 Å². The Kier molecular flexibility index (Phi) is 3.37. The van der Waals surface area contributed by atoms with Crippen molar-refractivity contribution < 1.29 is 0 Å². The molecule has 0 saturated carbocycles. The second kappa shape index (κ2) is 5.02. The van der Waals surface area contributed by atoms with Gasteiger partial charge >= 0.3 is 0 Å². The second-order valence-electron chi connectivity index (χ2n) is 4.46. The monoisotopic (exact) mass is 378 g/mol. The van der Waals surface area contributed by atoms with Gasteiger partial charge in [-0.15, -0.1) is 0 Å². The van der Waals surface area contributed by atoms with Crippen LogP contribution in [0.4, 0.5) is 5.69 Å². The molecule has 1 aromatic heterocycles. The van der Waals surface area contributed by atoms with Crippen molar-refractivity contribution in [2.45, 2.75) is 6.54 Å². The zero-order chi connectivity index (χ0) is 13.4. The van der Waals surface area contributed by atoms with Crippen LogP contribution in [0.5, 0.6) is 0 Å². The normalized spacial score (nSPS) is 11.1. The van der Waals surface area contributed by atoms with Gasteiger partial charge in [0.1, 0.15) is 0 Å². The minimum Gasteiger partial charge on any atom is -0.398 e. The number of hydrogen-bond donors (Lipinski definition) is 1. The number of benzene rings is 2. The number of nitrogens with zero attached hydrogens (tertiary/aromatic N) is 1. The number of aromatic nitrogens is 1. The summed E-state index contributed by atoms with van der Waals surface area (Å²) >= 11 is 6.99. The molecule has 19 heavy (non-hydrogen) atoms. The number of fused-ring (bicyclic) bond motifs is 1. The van der Waals surface area contributed by atoms with Crippen molar-refractivity contribution in [3.8, 4) is 0 Å². The topological polar surface area (TPSA) is 30.9 Å². The van der Waals surface area contributed by atoms with Crippen molar-refractivity contribution in [2.24, 2.45) is 0 Å². The van der Waals surface area contributed by atoms with Gasteiger partial charge < -0.3 is 10.3 Å². The van der Waals surface area contributed by atoms with Gasteiger partial charge in [-0.3, -0.25) is 0 Å². The van der Waals surface area contributed by atoms with E-state index < -0.39 is 0 Å². The first-order chi connectivity index (χ1) is 9.15. The predicted octanol–water partition coefficient (Wildman–Crippen LogP) is 4.80. The summed E-state index contributed by atoms with van der Waals surface area (Å²) in [5, 5.41) is 1.25. The van der Waals surface area contributed by atoms with E-state index in [9.17, 15) is 0 Å². The molecule has 2 N–H and O–H groups in total. The smallest absolute Gasteiger partial charge is 0.0510 e. The largest absolute Gasteiger partial charge is 0.398 e. The van der Waals surface area contributed by atoms with Crippen LogP contribution in [-0.4, -0.2) is 4.57 Å². The standard InChI is InChI=1S/C15H12Br2N2/c16-12-7-11(15(18)13(17)8-12)9-19-6-5-10-3-1-2-4-14(10)19/h1-8H,9,18H2. The van der Waals surface area contributed by atoms with E-state index in [0.717, 1.165) is 26.7 Å². The molecule has 0 unspecified atom stereocenters. The predicted molar refractivity (Wildman–Crippen MR) is 87.3 cm³/mol. The fourth-order valence-corrected chi connectivity index (χ4v) is 3.54. The van der Waals surface area contributed by atoms with Crippen LogP contribution in [0, 0.1) is 0 Å². The number of halogens is 2. The Morgan fingerprint density at radius 1 is 1.05 bits per heavy atom. The van der Waals surface area contributed by atoms with Crippen molar-refractivity contribution in [3.05, 3.63) is 63.2 Å². The van der Waals surface area contributed by atoms with Gasteiger partial charge in [0.2, 0.25) is 0 Å². The molecule has 0 aliphatic carbocycles. The molecule has 3 rings (SSSR count). The highest BCUT2D eigenvalue weighted by Gasteiger charge is 2.07. The Morgan fingerprint density at radius 2 is 1.84 bits per heavy atom. The quantitative estimate of drug-likeness (QED) is 0.637. The number of para-hydroxylation sites is 1. The van der Waals surface area contributed by atoms with Crippen LogP contribution in [0.2, 0.25) is 0 Å². The van der Waals surface area contributed by atoms with Gasteiger partial charge in [-0.2, -0.15) is 0 Å². The number of nitrogen functional groups attached to an aromatic ring is 1. The number of nitrogens with two attached hydrogens (primary N) is 1. The van der Waals surface area contributed by atoms with Crippen molar-refractivity contribution in [2.75, 3.05) is 5.73 Å². The third-order valence-electron chi connectivity index (χ3n) is 3.20. The highest BCUT2D eigenvalue weighted by Crippen LogP contribution is 2.29. The number of rotatable bonds is 2. The summed E-state index contributed by atoms with van der Waals surface area (Å²) in [6, 6.07) is 14.5. The maximum absolute atomic E-state index is 6.13. The first-order valence-electron chi connectivity index (χ1n) is 5.92. The molecule has 0 radical (unpaired) electrons. The van der Waals surface area contributed by atoms with Crippen LogP contribution in [0.15, 0.2) is 57.6 Å². The van der Waals surface area contributed by atoms with E-state index in [4.69, 9.17) is 5.73 Å². The lowest BCUT2D eigenvalue weighted by Crippen LogP contribution is -2.02. The summed E-state index contributed by atoms with van der Waals surface area (Å²) in [4.78, 5) is 0. The number of hydrogen-bond acceptors (Lipinski definition) is 1. The van der Waals surface area contributed by atoms with Crippen molar-refractivity contribution >= 4 is 48.5 Å². The number of anilines is 1. The van der Waals surface area contributed by atoms with E-state index in [1.54, 1.807) is 0 Å². The van der Waals surface area contributed by atoms with E-state index in [1.165, 1.54) is 10.9 Å². The molecule has 0 aliphatic rings. The minimum atomic E-state index is 0.761. The first kappa shape index (κ1) is 12.8. The second-order valence-corrected chi connectivity index (χ2v) is 6.23. The van der Waals surface area contributed by atoms with Crippen LogP contribution >= 0.6 is 31.9 Å². The third kappa shape index (κ3) is 2.42. The molecule has 0 fully saturated rings. The van der Waals surface area contributed by atoms with E-state index in [0.29, 0.717) is 0 Å².